The third-order valence-corrected chi connectivity index (χ3v) is 7.10. The number of aromatic nitrogens is 4. The fourth-order valence-electron chi connectivity index (χ4n) is 4.74. The summed E-state index contributed by atoms with van der Waals surface area (Å²) in [5.74, 6) is 0.695. The first-order chi connectivity index (χ1) is 18.8. The van der Waals surface area contributed by atoms with E-state index in [4.69, 9.17) is 19.4 Å². The fourth-order valence-corrected chi connectivity index (χ4v) is 4.74. The Kier molecular flexibility index (Phi) is 8.20. The van der Waals surface area contributed by atoms with Crippen molar-refractivity contribution in [1.82, 2.24) is 30.2 Å². The van der Waals surface area contributed by atoms with Crippen molar-refractivity contribution in [3.63, 3.8) is 0 Å². The summed E-state index contributed by atoms with van der Waals surface area (Å²) in [4.78, 5) is 34.5. The van der Waals surface area contributed by atoms with Crippen molar-refractivity contribution < 1.29 is 18.7 Å². The van der Waals surface area contributed by atoms with Crippen LogP contribution in [0.5, 0.6) is 0 Å². The van der Waals surface area contributed by atoms with E-state index >= 15 is 0 Å². The van der Waals surface area contributed by atoms with E-state index in [1.807, 2.05) is 32.0 Å². The number of imidazole rings is 1. The van der Waals surface area contributed by atoms with Crippen LogP contribution in [0.4, 0.5) is 10.3 Å². The molecular weight excluding hydrogens is 501 g/mol. The normalized spacial score (nSPS) is 21.8. The number of halogens is 1. The fraction of sp³-hybridized carbons (Fsp3) is 0.500. The summed E-state index contributed by atoms with van der Waals surface area (Å²) in [6.07, 6.45) is 4.41. The number of hydrogen-bond acceptors (Lipinski definition) is 8. The van der Waals surface area contributed by atoms with Crippen LogP contribution in [0.1, 0.15) is 38.3 Å². The molecule has 2 aromatic heterocycles. The Hall–Kier alpha value is -3.41. The molecule has 4 heterocycles. The van der Waals surface area contributed by atoms with Crippen LogP contribution in [0.2, 0.25) is 0 Å². The highest BCUT2D eigenvalue weighted by atomic mass is 19.1. The molecule has 0 unspecified atom stereocenters. The molecule has 0 radical (unpaired) electrons. The van der Waals surface area contributed by atoms with Crippen LogP contribution in [0.3, 0.4) is 0 Å². The van der Waals surface area contributed by atoms with Crippen molar-refractivity contribution in [1.29, 1.82) is 0 Å². The molecule has 5 rings (SSSR count). The summed E-state index contributed by atoms with van der Waals surface area (Å²) < 4.78 is 25.7. The molecule has 39 heavy (non-hydrogen) atoms. The maximum Gasteiger partial charge on any atom is 0.230 e. The molecule has 1 aromatic carbocycles. The largest absolute Gasteiger partial charge is 0.354 e. The van der Waals surface area contributed by atoms with Gasteiger partial charge in [-0.25, -0.2) is 19.3 Å². The van der Waals surface area contributed by atoms with Gasteiger partial charge >= 0.3 is 0 Å². The second kappa shape index (κ2) is 11.8. The smallest absolute Gasteiger partial charge is 0.230 e. The predicted molar refractivity (Wildman–Crippen MR) is 145 cm³/mol. The Balaban J connectivity index is 1.39. The summed E-state index contributed by atoms with van der Waals surface area (Å²) in [5.41, 5.74) is 1.86. The van der Waals surface area contributed by atoms with Crippen LogP contribution >= 0.6 is 0 Å². The first kappa shape index (κ1) is 27.2. The zero-order valence-corrected chi connectivity index (χ0v) is 22.7. The van der Waals surface area contributed by atoms with Gasteiger partial charge in [0.2, 0.25) is 18.1 Å². The van der Waals surface area contributed by atoms with Gasteiger partial charge in [0.25, 0.3) is 0 Å². The molecular formula is C28H36FN7O3. The number of aromatic amines is 1. The number of rotatable bonds is 8. The van der Waals surface area contributed by atoms with E-state index < -0.39 is 11.7 Å². The molecule has 0 saturated carbocycles. The molecule has 2 N–H and O–H groups in total. The Morgan fingerprint density at radius 3 is 2.54 bits per heavy atom. The highest BCUT2D eigenvalue weighted by Gasteiger charge is 2.40. The second-order valence-electron chi connectivity index (χ2n) is 10.7. The van der Waals surface area contributed by atoms with Gasteiger partial charge in [0.15, 0.2) is 5.82 Å². The van der Waals surface area contributed by atoms with E-state index in [0.29, 0.717) is 35.4 Å². The maximum atomic E-state index is 13.7. The number of anilines is 1. The van der Waals surface area contributed by atoms with Crippen molar-refractivity contribution in [2.45, 2.75) is 32.5 Å². The van der Waals surface area contributed by atoms with Crippen molar-refractivity contribution >= 4 is 11.9 Å². The van der Waals surface area contributed by atoms with Gasteiger partial charge in [-0.3, -0.25) is 4.79 Å². The van der Waals surface area contributed by atoms with Crippen LogP contribution in [-0.2, 0) is 14.3 Å². The number of H-pyrrole nitrogens is 1. The number of carbonyl (C=O) groups excluding carboxylic acids is 1. The van der Waals surface area contributed by atoms with Crippen LogP contribution in [0.25, 0.3) is 22.6 Å². The minimum absolute atomic E-state index is 0.110. The van der Waals surface area contributed by atoms with E-state index in [0.717, 1.165) is 38.0 Å². The van der Waals surface area contributed by atoms with Crippen LogP contribution in [0, 0.1) is 11.2 Å². The van der Waals surface area contributed by atoms with E-state index in [9.17, 15) is 9.18 Å². The van der Waals surface area contributed by atoms with Crippen molar-refractivity contribution in [2.24, 2.45) is 5.41 Å². The summed E-state index contributed by atoms with van der Waals surface area (Å²) in [5, 5.41) is 2.96. The van der Waals surface area contributed by atoms with Gasteiger partial charge in [0.05, 0.1) is 35.7 Å². The highest BCUT2D eigenvalue weighted by molar-refractivity contribution is 5.82. The van der Waals surface area contributed by atoms with Gasteiger partial charge in [-0.15, -0.1) is 0 Å². The van der Waals surface area contributed by atoms with Crippen molar-refractivity contribution in [3.05, 3.63) is 48.2 Å². The Bertz CT molecular complexity index is 1270. The number of likely N-dealkylation sites (N-methyl/N-ethyl adjacent to an activating group) is 1. The summed E-state index contributed by atoms with van der Waals surface area (Å²) >= 11 is 0. The molecule has 0 atom stereocenters. The SMILES string of the molecule is CN(C)CCNC(=O)C1(C)COC(c2nc(-c3ccc(F)cc3)c(-c3ccnc(N4CCCCC4)n3)[nH]2)OC1. The van der Waals surface area contributed by atoms with Crippen LogP contribution in [-0.4, -0.2) is 84.2 Å². The molecule has 0 bridgehead atoms. The third-order valence-electron chi connectivity index (χ3n) is 7.10. The number of piperidine rings is 1. The van der Waals surface area contributed by atoms with Crippen LogP contribution < -0.4 is 10.2 Å². The van der Waals surface area contributed by atoms with Gasteiger partial charge < -0.3 is 29.6 Å². The molecule has 2 saturated heterocycles. The maximum absolute atomic E-state index is 13.7. The topological polar surface area (TPSA) is 109 Å². The van der Waals surface area contributed by atoms with E-state index in [1.54, 1.807) is 18.3 Å². The number of nitrogens with one attached hydrogen (secondary N) is 2. The molecule has 0 spiro atoms. The Morgan fingerprint density at radius 2 is 1.85 bits per heavy atom. The molecule has 1 amide bonds. The average Bonchev–Trinajstić information content (AvgIpc) is 3.40. The lowest BCUT2D eigenvalue weighted by Gasteiger charge is -2.35. The van der Waals surface area contributed by atoms with Gasteiger partial charge in [0.1, 0.15) is 5.82 Å². The number of amides is 1. The minimum Gasteiger partial charge on any atom is -0.354 e. The molecule has 2 fully saturated rings. The van der Waals surface area contributed by atoms with Gasteiger partial charge in [0, 0.05) is 37.9 Å². The number of ether oxygens (including phenoxy) is 2. The number of hydrogen-bond donors (Lipinski definition) is 2. The number of carbonyl (C=O) groups is 1. The average molecular weight is 538 g/mol. The van der Waals surface area contributed by atoms with Gasteiger partial charge in [-0.05, 0) is 70.6 Å². The van der Waals surface area contributed by atoms with Gasteiger partial charge in [-0.1, -0.05) is 0 Å². The quantitative estimate of drug-likeness (QED) is 0.450. The molecule has 10 nitrogen and oxygen atoms in total. The van der Waals surface area contributed by atoms with E-state index in [2.05, 4.69) is 20.2 Å². The van der Waals surface area contributed by atoms with Crippen molar-refractivity contribution in [2.75, 3.05) is 58.4 Å². The number of benzene rings is 1. The predicted octanol–water partition coefficient (Wildman–Crippen LogP) is 3.39. The Labute approximate surface area is 227 Å². The molecule has 208 valence electrons. The molecule has 2 aliphatic heterocycles. The Morgan fingerprint density at radius 1 is 1.13 bits per heavy atom. The summed E-state index contributed by atoms with van der Waals surface area (Å²) in [7, 11) is 3.91. The van der Waals surface area contributed by atoms with Crippen molar-refractivity contribution in [3.8, 4) is 22.6 Å². The molecule has 3 aromatic rings. The lowest BCUT2D eigenvalue weighted by Crippen LogP contribution is -2.49. The lowest BCUT2D eigenvalue weighted by molar-refractivity contribution is -0.231. The second-order valence-corrected chi connectivity index (χ2v) is 10.7. The third kappa shape index (κ3) is 6.26. The molecule has 11 heteroatoms. The number of nitrogens with zero attached hydrogens (tertiary/aromatic N) is 5. The first-order valence-electron chi connectivity index (χ1n) is 13.4. The minimum atomic E-state index is -0.811. The highest BCUT2D eigenvalue weighted by Crippen LogP contribution is 2.36. The summed E-state index contributed by atoms with van der Waals surface area (Å²) in [6.45, 7) is 5.33. The molecule has 0 aliphatic carbocycles. The van der Waals surface area contributed by atoms with Gasteiger partial charge in [-0.2, -0.15) is 0 Å². The standard InChI is InChI=1S/C28H36FN7O3/c1-28(26(37)30-13-16-35(2)3)17-38-25(39-18-28)24-33-22(19-7-9-20(29)10-8-19)23(34-24)21-11-12-31-27(32-21)36-14-5-4-6-15-36/h7-12,25H,4-6,13-18H2,1-3H3,(H,30,37)(H,33,34). The lowest BCUT2D eigenvalue weighted by atomic mass is 9.91. The summed E-state index contributed by atoms with van der Waals surface area (Å²) in [6, 6.07) is 8.00. The zero-order chi connectivity index (χ0) is 27.4. The van der Waals surface area contributed by atoms with Crippen LogP contribution in [0.15, 0.2) is 36.5 Å². The first-order valence-corrected chi connectivity index (χ1v) is 13.4. The zero-order valence-electron chi connectivity index (χ0n) is 22.7. The van der Waals surface area contributed by atoms with E-state index in [1.165, 1.54) is 18.6 Å². The van der Waals surface area contributed by atoms with E-state index in [-0.39, 0.29) is 24.9 Å². The molecule has 2 aliphatic rings. The monoisotopic (exact) mass is 537 g/mol.